The third-order valence-electron chi connectivity index (χ3n) is 7.34. The first-order chi connectivity index (χ1) is 16.7. The molecule has 8 nitrogen and oxygen atoms in total. The van der Waals surface area contributed by atoms with E-state index in [4.69, 9.17) is 9.47 Å². The Bertz CT molecular complexity index is 970. The lowest BCUT2D eigenvalue weighted by molar-refractivity contribution is -0.229. The van der Waals surface area contributed by atoms with Gasteiger partial charge in [0.15, 0.2) is 0 Å². The van der Waals surface area contributed by atoms with Gasteiger partial charge in [0, 0.05) is 19.1 Å². The van der Waals surface area contributed by atoms with Crippen LogP contribution < -0.4 is 5.11 Å². The summed E-state index contributed by atoms with van der Waals surface area (Å²) < 4.78 is 10.7. The van der Waals surface area contributed by atoms with Crippen molar-refractivity contribution in [3.8, 4) is 0 Å². The summed E-state index contributed by atoms with van der Waals surface area (Å²) in [5, 5.41) is 24.3. The molecule has 1 aromatic rings. The lowest BCUT2D eigenvalue weighted by Crippen LogP contribution is -2.57. The van der Waals surface area contributed by atoms with Crippen LogP contribution in [0.1, 0.15) is 68.8 Å². The Labute approximate surface area is 208 Å². The second-order valence-electron chi connectivity index (χ2n) is 11.0. The standard InChI is InChI=1S/C27H39N3O5/c1-27(2,3)29-24(32)22-13-17-9-5-6-10-18(17)14-30(22)15-23(31)21-16-35-25(28-21)19-11-7-8-12-20(19)26(33)34-4/h7-8,11-12,17-18,21-23,31H,5-6,9-10,13-16H2,1-4H3,(H,29,32)/p-1/t17-,18+,21-,22-,23+/m0/s1. The molecule has 4 rings (SSSR count). The van der Waals surface area contributed by atoms with Gasteiger partial charge in [-0.15, -0.1) is 0 Å². The fourth-order valence-corrected chi connectivity index (χ4v) is 5.62. The Kier molecular flexibility index (Phi) is 7.81. The van der Waals surface area contributed by atoms with Gasteiger partial charge in [-0.2, -0.15) is 0 Å². The monoisotopic (exact) mass is 484 g/mol. The maximum Gasteiger partial charge on any atom is 0.338 e. The van der Waals surface area contributed by atoms with Crippen molar-refractivity contribution in [2.24, 2.45) is 21.8 Å². The number of methoxy groups -OCH3 is 1. The number of aliphatic imine (C=N–C) groups is 2. The van der Waals surface area contributed by atoms with Crippen LogP contribution in [0.4, 0.5) is 0 Å². The number of nitrogens with zero attached hydrogens (tertiary/aromatic N) is 3. The zero-order valence-corrected chi connectivity index (χ0v) is 21.3. The quantitative estimate of drug-likeness (QED) is 0.378. The molecule has 2 aliphatic heterocycles. The van der Waals surface area contributed by atoms with Crippen LogP contribution in [-0.4, -0.2) is 78.3 Å². The number of piperidine rings is 1. The normalized spacial score (nSPS) is 28.6. The molecule has 1 aliphatic carbocycles. The summed E-state index contributed by atoms with van der Waals surface area (Å²) in [6.45, 7) is 7.17. The number of carbonyl (C=O) groups is 1. The molecule has 1 aromatic carbocycles. The maximum atomic E-state index is 13.2. The molecule has 0 amide bonds. The second-order valence-corrected chi connectivity index (χ2v) is 11.0. The maximum absolute atomic E-state index is 13.2. The average Bonchev–Trinajstić information content (AvgIpc) is 3.32. The summed E-state index contributed by atoms with van der Waals surface area (Å²) >= 11 is 0. The molecule has 2 fully saturated rings. The summed E-state index contributed by atoms with van der Waals surface area (Å²) in [5.41, 5.74) is 0.489. The highest BCUT2D eigenvalue weighted by Crippen LogP contribution is 2.39. The van der Waals surface area contributed by atoms with Crippen molar-refractivity contribution in [2.75, 3.05) is 26.8 Å². The van der Waals surface area contributed by atoms with E-state index in [1.807, 2.05) is 20.8 Å². The van der Waals surface area contributed by atoms with E-state index < -0.39 is 23.7 Å². The van der Waals surface area contributed by atoms with Crippen LogP contribution in [0.3, 0.4) is 0 Å². The highest BCUT2D eigenvalue weighted by atomic mass is 16.5. The molecular weight excluding hydrogens is 446 g/mol. The lowest BCUT2D eigenvalue weighted by Gasteiger charge is -2.48. The molecule has 1 saturated heterocycles. The molecule has 0 radical (unpaired) electrons. The lowest BCUT2D eigenvalue weighted by atomic mass is 9.72. The predicted octanol–water partition coefficient (Wildman–Crippen LogP) is 2.42. The van der Waals surface area contributed by atoms with Gasteiger partial charge in [-0.25, -0.2) is 9.79 Å². The molecule has 35 heavy (non-hydrogen) atoms. The van der Waals surface area contributed by atoms with Crippen molar-refractivity contribution in [2.45, 2.75) is 76.6 Å². The van der Waals surface area contributed by atoms with Gasteiger partial charge in [0.25, 0.3) is 0 Å². The fourth-order valence-electron chi connectivity index (χ4n) is 5.62. The van der Waals surface area contributed by atoms with Gasteiger partial charge < -0.3 is 19.7 Å². The summed E-state index contributed by atoms with van der Waals surface area (Å²) in [4.78, 5) is 23.4. The van der Waals surface area contributed by atoms with Crippen molar-refractivity contribution in [3.05, 3.63) is 35.4 Å². The van der Waals surface area contributed by atoms with Crippen LogP contribution >= 0.6 is 0 Å². The summed E-state index contributed by atoms with van der Waals surface area (Å²) in [6, 6.07) is 6.20. The molecule has 0 spiro atoms. The van der Waals surface area contributed by atoms with Crippen molar-refractivity contribution in [1.82, 2.24) is 4.90 Å². The number of carbonyl (C=O) groups excluding carboxylic acids is 1. The van der Waals surface area contributed by atoms with E-state index in [-0.39, 0.29) is 18.5 Å². The van der Waals surface area contributed by atoms with Crippen LogP contribution in [0.25, 0.3) is 0 Å². The Balaban J connectivity index is 1.51. The van der Waals surface area contributed by atoms with Crippen molar-refractivity contribution in [3.63, 3.8) is 0 Å². The van der Waals surface area contributed by atoms with Gasteiger partial charge in [0.2, 0.25) is 5.90 Å². The largest absolute Gasteiger partial charge is 0.861 e. The van der Waals surface area contributed by atoms with Crippen molar-refractivity contribution < 1.29 is 24.5 Å². The van der Waals surface area contributed by atoms with Crippen LogP contribution in [0.15, 0.2) is 34.3 Å². The molecule has 5 atom stereocenters. The van der Waals surface area contributed by atoms with Gasteiger partial charge >= 0.3 is 5.97 Å². The van der Waals surface area contributed by atoms with E-state index in [9.17, 15) is 15.0 Å². The minimum Gasteiger partial charge on any atom is -0.861 e. The van der Waals surface area contributed by atoms with Gasteiger partial charge in [-0.3, -0.25) is 9.89 Å². The third kappa shape index (κ3) is 6.04. The topological polar surface area (TPSA) is 107 Å². The number of aliphatic hydroxyl groups excluding tert-OH is 1. The van der Waals surface area contributed by atoms with Gasteiger partial charge in [0.05, 0.1) is 29.9 Å². The number of β-amino-alcohol motifs (C(OH)–C–C–N with tert-alkyl or cyclic N) is 1. The number of fused-ring (bicyclic) bond motifs is 1. The number of benzene rings is 1. The van der Waals surface area contributed by atoms with E-state index in [1.165, 1.54) is 32.8 Å². The van der Waals surface area contributed by atoms with E-state index in [1.54, 1.807) is 24.3 Å². The Hall–Kier alpha value is -2.45. The number of hydrogen-bond acceptors (Lipinski definition) is 8. The number of rotatable bonds is 6. The molecule has 0 aromatic heterocycles. The molecule has 1 saturated carbocycles. The molecule has 1 N–H and O–H groups in total. The highest BCUT2D eigenvalue weighted by Gasteiger charge is 2.39. The molecule has 0 unspecified atom stereocenters. The zero-order chi connectivity index (χ0) is 25.2. The van der Waals surface area contributed by atoms with Gasteiger partial charge in [-0.1, -0.05) is 31.4 Å². The molecule has 3 aliphatic rings. The van der Waals surface area contributed by atoms with Crippen LogP contribution in [0, 0.1) is 11.8 Å². The van der Waals surface area contributed by atoms with Gasteiger partial charge in [-0.05, 0) is 63.5 Å². The number of aliphatic hydroxyl groups is 1. The Morgan fingerprint density at radius 1 is 1.29 bits per heavy atom. The zero-order valence-electron chi connectivity index (χ0n) is 21.3. The first-order valence-corrected chi connectivity index (χ1v) is 12.7. The highest BCUT2D eigenvalue weighted by molar-refractivity contribution is 6.05. The molecule has 0 bridgehead atoms. The Morgan fingerprint density at radius 3 is 2.71 bits per heavy atom. The average molecular weight is 485 g/mol. The van der Waals surface area contributed by atoms with Crippen LogP contribution in [0.2, 0.25) is 0 Å². The number of hydrogen-bond donors (Lipinski definition) is 1. The first kappa shape index (κ1) is 25.6. The minimum absolute atomic E-state index is 0.0902. The predicted molar refractivity (Wildman–Crippen MR) is 133 cm³/mol. The smallest absolute Gasteiger partial charge is 0.338 e. The SMILES string of the molecule is COC(=O)c1ccccc1C1=N[C@H]([C@H](O)CN2C[C@H]3CCCC[C@H]3C[C@H]2C([O-])=NC(C)(C)C)CO1. The molecular formula is C27H38N3O5-. The van der Waals surface area contributed by atoms with E-state index in [0.29, 0.717) is 35.4 Å². The molecule has 8 heteroatoms. The number of ether oxygens (including phenoxy) is 2. The van der Waals surface area contributed by atoms with Crippen molar-refractivity contribution in [1.29, 1.82) is 0 Å². The second kappa shape index (κ2) is 10.7. The number of esters is 1. The van der Waals surface area contributed by atoms with Gasteiger partial charge in [0.1, 0.15) is 12.6 Å². The van der Waals surface area contributed by atoms with Crippen molar-refractivity contribution >= 4 is 17.8 Å². The van der Waals surface area contributed by atoms with E-state index in [0.717, 1.165) is 13.0 Å². The summed E-state index contributed by atoms with van der Waals surface area (Å²) in [5.74, 6) is 0.884. The summed E-state index contributed by atoms with van der Waals surface area (Å²) in [7, 11) is 1.34. The third-order valence-corrected chi connectivity index (χ3v) is 7.34. The summed E-state index contributed by atoms with van der Waals surface area (Å²) in [6.07, 6.45) is 4.80. The van der Waals surface area contributed by atoms with Crippen LogP contribution in [-0.2, 0) is 9.47 Å². The van der Waals surface area contributed by atoms with E-state index in [2.05, 4.69) is 14.9 Å². The molecule has 192 valence electrons. The molecule has 2 heterocycles. The number of likely N-dealkylation sites (tertiary alicyclic amines) is 1. The first-order valence-electron chi connectivity index (χ1n) is 12.7. The van der Waals surface area contributed by atoms with Crippen LogP contribution in [0.5, 0.6) is 0 Å². The Morgan fingerprint density at radius 2 is 2.00 bits per heavy atom. The fraction of sp³-hybridized carbons (Fsp3) is 0.667. The van der Waals surface area contributed by atoms with E-state index >= 15 is 0 Å². The minimum atomic E-state index is -0.803.